The molecule has 0 N–H and O–H groups in total. The zero-order chi connectivity index (χ0) is 22.5. The number of hydrogen-bond donors (Lipinski definition) is 0. The Morgan fingerprint density at radius 3 is 2.33 bits per heavy atom. The Labute approximate surface area is 199 Å². The summed E-state index contributed by atoms with van der Waals surface area (Å²) in [5.41, 5.74) is 1.06. The highest BCUT2D eigenvalue weighted by atomic mass is 16.2. The average Bonchev–Trinajstić information content (AvgIpc) is 3.58. The Balaban J connectivity index is 1.15. The van der Waals surface area contributed by atoms with Crippen LogP contribution in [-0.2, 0) is 0 Å². The summed E-state index contributed by atoms with van der Waals surface area (Å²) in [6, 6.07) is 4.71. The van der Waals surface area contributed by atoms with Crippen molar-refractivity contribution in [3.63, 3.8) is 0 Å². The van der Waals surface area contributed by atoms with Gasteiger partial charge in [-0.15, -0.1) is 0 Å². The van der Waals surface area contributed by atoms with E-state index in [1.54, 1.807) is 11.2 Å². The van der Waals surface area contributed by atoms with Crippen LogP contribution in [-0.4, -0.2) is 64.3 Å². The van der Waals surface area contributed by atoms with E-state index < -0.39 is 0 Å². The minimum Gasteiger partial charge on any atom is -0.321 e. The number of hydrogen-bond acceptors (Lipinski definition) is 4. The van der Waals surface area contributed by atoms with Crippen molar-refractivity contribution in [3.05, 3.63) is 30.1 Å². The van der Waals surface area contributed by atoms with Crippen molar-refractivity contribution in [1.29, 1.82) is 0 Å². The van der Waals surface area contributed by atoms with Gasteiger partial charge < -0.3 is 4.90 Å². The van der Waals surface area contributed by atoms with Crippen LogP contribution in [0.25, 0.3) is 0 Å². The lowest BCUT2D eigenvalue weighted by Crippen LogP contribution is -2.54. The molecule has 180 valence electrons. The number of carbonyl (C=O) groups excluding carboxylic acids is 1. The standard InChI is InChI=1S/C27H41N5O/c33-27(32-26(14-16-29-32)24-10-6-15-28-21-24)31-19-17-30(18-20-31)25-11-3-1-2-7-23(12-13-25)22-8-4-5-9-22/h6,10,15-16,21-23,25-26H,1-5,7-9,11-14,17-20H2. The van der Waals surface area contributed by atoms with Crippen LogP contribution in [0.15, 0.2) is 29.6 Å². The Kier molecular flexibility index (Phi) is 7.60. The molecule has 3 unspecified atom stereocenters. The van der Waals surface area contributed by atoms with Crippen molar-refractivity contribution in [3.8, 4) is 0 Å². The van der Waals surface area contributed by atoms with Crippen LogP contribution in [0.1, 0.15) is 88.7 Å². The molecule has 2 saturated carbocycles. The minimum absolute atomic E-state index is 0.0221. The Morgan fingerprint density at radius 2 is 1.58 bits per heavy atom. The Bertz CT molecular complexity index is 785. The Hall–Kier alpha value is -1.95. The van der Waals surface area contributed by atoms with Gasteiger partial charge in [0.1, 0.15) is 0 Å². The van der Waals surface area contributed by atoms with E-state index in [1.807, 2.05) is 29.4 Å². The molecule has 1 aromatic heterocycles. The third-order valence-electron chi connectivity index (χ3n) is 8.75. The van der Waals surface area contributed by atoms with Gasteiger partial charge >= 0.3 is 6.03 Å². The number of rotatable bonds is 3. The van der Waals surface area contributed by atoms with Gasteiger partial charge in [0.25, 0.3) is 0 Å². The third-order valence-corrected chi connectivity index (χ3v) is 8.75. The SMILES string of the molecule is O=C(N1CCN(C2CCCCCC(C3CCCC3)CC2)CC1)N1N=CCC1c1cccnc1. The highest BCUT2D eigenvalue weighted by Gasteiger charge is 2.34. The van der Waals surface area contributed by atoms with Gasteiger partial charge in [0, 0.05) is 57.2 Å². The molecule has 3 fully saturated rings. The number of pyridine rings is 1. The summed E-state index contributed by atoms with van der Waals surface area (Å²) in [6.07, 6.45) is 21.9. The number of piperazine rings is 1. The summed E-state index contributed by atoms with van der Waals surface area (Å²) in [4.78, 5) is 22.3. The van der Waals surface area contributed by atoms with Crippen LogP contribution in [0.2, 0.25) is 0 Å². The second-order valence-electron chi connectivity index (χ2n) is 10.7. The van der Waals surface area contributed by atoms with Crippen LogP contribution in [0, 0.1) is 11.8 Å². The van der Waals surface area contributed by atoms with Crippen LogP contribution in [0.3, 0.4) is 0 Å². The van der Waals surface area contributed by atoms with E-state index in [1.165, 1.54) is 70.6 Å². The molecule has 2 amide bonds. The van der Waals surface area contributed by atoms with Crippen LogP contribution in [0.4, 0.5) is 4.79 Å². The van der Waals surface area contributed by atoms with E-state index >= 15 is 0 Å². The predicted octanol–water partition coefficient (Wildman–Crippen LogP) is 5.47. The van der Waals surface area contributed by atoms with Gasteiger partial charge in [0.15, 0.2) is 0 Å². The molecule has 1 aromatic rings. The first-order chi connectivity index (χ1) is 16.3. The molecule has 0 radical (unpaired) electrons. The van der Waals surface area contributed by atoms with Crippen LogP contribution < -0.4 is 0 Å². The molecular weight excluding hydrogens is 410 g/mol. The summed E-state index contributed by atoms with van der Waals surface area (Å²) in [7, 11) is 0. The van der Waals surface area contributed by atoms with E-state index in [9.17, 15) is 4.79 Å². The lowest BCUT2D eigenvalue weighted by Gasteiger charge is -2.41. The minimum atomic E-state index is -0.0221. The van der Waals surface area contributed by atoms with Crippen molar-refractivity contribution in [2.24, 2.45) is 16.9 Å². The van der Waals surface area contributed by atoms with Gasteiger partial charge in [0.2, 0.25) is 0 Å². The maximum atomic E-state index is 13.3. The van der Waals surface area contributed by atoms with Gasteiger partial charge in [-0.05, 0) is 42.7 Å². The normalized spacial score (nSPS) is 30.2. The monoisotopic (exact) mass is 451 g/mol. The zero-order valence-corrected chi connectivity index (χ0v) is 20.2. The molecule has 2 aliphatic heterocycles. The maximum Gasteiger partial charge on any atom is 0.341 e. The largest absolute Gasteiger partial charge is 0.341 e. The summed E-state index contributed by atoms with van der Waals surface area (Å²) >= 11 is 0. The molecule has 3 heterocycles. The summed E-state index contributed by atoms with van der Waals surface area (Å²) in [5, 5.41) is 6.11. The number of nitrogens with zero attached hydrogens (tertiary/aromatic N) is 5. The topological polar surface area (TPSA) is 52.0 Å². The molecule has 33 heavy (non-hydrogen) atoms. The molecule has 3 atom stereocenters. The lowest BCUT2D eigenvalue weighted by molar-refractivity contribution is 0.0776. The summed E-state index contributed by atoms with van der Waals surface area (Å²) in [6.45, 7) is 3.62. The van der Waals surface area contributed by atoms with Crippen LogP contribution in [0.5, 0.6) is 0 Å². The third kappa shape index (κ3) is 5.42. The smallest absolute Gasteiger partial charge is 0.321 e. The van der Waals surface area contributed by atoms with Crippen molar-refractivity contribution < 1.29 is 4.79 Å². The molecular formula is C27H41N5O. The van der Waals surface area contributed by atoms with Gasteiger partial charge in [-0.2, -0.15) is 5.10 Å². The highest BCUT2D eigenvalue weighted by Crippen LogP contribution is 2.38. The highest BCUT2D eigenvalue weighted by molar-refractivity contribution is 5.78. The molecule has 6 heteroatoms. The Morgan fingerprint density at radius 1 is 0.848 bits per heavy atom. The molecule has 0 aromatic carbocycles. The summed E-state index contributed by atoms with van der Waals surface area (Å²) < 4.78 is 0. The fraction of sp³-hybridized carbons (Fsp3) is 0.741. The van der Waals surface area contributed by atoms with E-state index in [0.29, 0.717) is 6.04 Å². The molecule has 1 saturated heterocycles. The molecule has 2 aliphatic carbocycles. The van der Waals surface area contributed by atoms with Crippen molar-refractivity contribution >= 4 is 12.2 Å². The second-order valence-corrected chi connectivity index (χ2v) is 10.7. The van der Waals surface area contributed by atoms with Crippen molar-refractivity contribution in [2.75, 3.05) is 26.2 Å². The van der Waals surface area contributed by atoms with Gasteiger partial charge in [-0.3, -0.25) is 9.88 Å². The number of hydrazone groups is 1. The van der Waals surface area contributed by atoms with E-state index in [0.717, 1.165) is 50.0 Å². The molecule has 0 spiro atoms. The zero-order valence-electron chi connectivity index (χ0n) is 20.2. The first-order valence-electron chi connectivity index (χ1n) is 13.5. The molecule has 5 rings (SSSR count). The average molecular weight is 452 g/mol. The van der Waals surface area contributed by atoms with Gasteiger partial charge in [-0.25, -0.2) is 9.80 Å². The van der Waals surface area contributed by atoms with E-state index in [-0.39, 0.29) is 12.1 Å². The predicted molar refractivity (Wildman–Crippen MR) is 132 cm³/mol. The first-order valence-corrected chi connectivity index (χ1v) is 13.5. The van der Waals surface area contributed by atoms with E-state index in [4.69, 9.17) is 0 Å². The van der Waals surface area contributed by atoms with Gasteiger partial charge in [0.05, 0.1) is 6.04 Å². The number of aromatic nitrogens is 1. The molecule has 0 bridgehead atoms. The number of amides is 2. The fourth-order valence-corrected chi connectivity index (χ4v) is 6.80. The second kappa shape index (κ2) is 11.0. The van der Waals surface area contributed by atoms with Gasteiger partial charge in [-0.1, -0.05) is 57.4 Å². The molecule has 6 nitrogen and oxygen atoms in total. The maximum absolute atomic E-state index is 13.3. The lowest BCUT2D eigenvalue weighted by atomic mass is 9.83. The van der Waals surface area contributed by atoms with Crippen LogP contribution >= 0.6 is 0 Å². The number of carbonyl (C=O) groups is 1. The first kappa shape index (κ1) is 22.8. The van der Waals surface area contributed by atoms with Crippen molar-refractivity contribution in [1.82, 2.24) is 19.8 Å². The van der Waals surface area contributed by atoms with E-state index in [2.05, 4.69) is 15.0 Å². The fourth-order valence-electron chi connectivity index (χ4n) is 6.80. The summed E-state index contributed by atoms with van der Waals surface area (Å²) in [5.74, 6) is 1.97. The quantitative estimate of drug-likeness (QED) is 0.612. The van der Waals surface area contributed by atoms with Crippen molar-refractivity contribution in [2.45, 2.75) is 89.1 Å². The molecule has 4 aliphatic rings. The number of urea groups is 1.